The van der Waals surface area contributed by atoms with E-state index in [1.54, 1.807) is 24.5 Å². The molecule has 0 bridgehead atoms. The lowest BCUT2D eigenvalue weighted by molar-refractivity contribution is 0.296. The van der Waals surface area contributed by atoms with E-state index in [0.717, 1.165) is 26.5 Å². The molecule has 0 fully saturated rings. The van der Waals surface area contributed by atoms with E-state index >= 15 is 0 Å². The van der Waals surface area contributed by atoms with E-state index in [9.17, 15) is 4.79 Å². The second-order valence-electron chi connectivity index (χ2n) is 4.82. The first kappa shape index (κ1) is 15.3. The van der Waals surface area contributed by atoms with Crippen molar-refractivity contribution in [3.63, 3.8) is 0 Å². The van der Waals surface area contributed by atoms with Crippen LogP contribution in [0.25, 0.3) is 20.2 Å². The van der Waals surface area contributed by atoms with Crippen molar-refractivity contribution < 1.29 is 9.47 Å². The molecule has 0 saturated carbocycles. The van der Waals surface area contributed by atoms with Crippen LogP contribution in [0.1, 0.15) is 6.42 Å². The lowest BCUT2D eigenvalue weighted by Gasteiger charge is -2.11. The first-order valence-electron chi connectivity index (χ1n) is 6.97. The van der Waals surface area contributed by atoms with Gasteiger partial charge in [-0.05, 0) is 24.6 Å². The smallest absolute Gasteiger partial charge is 0.196 e. The van der Waals surface area contributed by atoms with Gasteiger partial charge in [-0.1, -0.05) is 28.1 Å². The number of methoxy groups -OCH3 is 1. The average Bonchev–Trinajstić information content (AvgIpc) is 2.55. The Bertz CT molecular complexity index is 873. The fourth-order valence-corrected chi connectivity index (χ4v) is 3.63. The van der Waals surface area contributed by atoms with Gasteiger partial charge in [-0.15, -0.1) is 11.3 Å². The number of ether oxygens (including phenoxy) is 2. The molecule has 0 aliphatic carbocycles. The Hall–Kier alpha value is -1.59. The molecule has 0 aliphatic rings. The standard InChI is InChI=1S/C17H15BrO3S/c1-20-13-10-16-12(9-14(13)21-8-4-7-18)17(19)11-5-2-3-6-15(11)22-16/h2-3,5-6,9-10H,4,7-8H2,1H3. The summed E-state index contributed by atoms with van der Waals surface area (Å²) in [6.45, 7) is 0.582. The Morgan fingerprint density at radius 3 is 2.68 bits per heavy atom. The molecule has 114 valence electrons. The van der Waals surface area contributed by atoms with E-state index in [1.165, 1.54) is 0 Å². The van der Waals surface area contributed by atoms with E-state index in [-0.39, 0.29) is 5.43 Å². The molecule has 5 heteroatoms. The van der Waals surface area contributed by atoms with Gasteiger partial charge >= 0.3 is 0 Å². The summed E-state index contributed by atoms with van der Waals surface area (Å²) >= 11 is 4.97. The van der Waals surface area contributed by atoms with Crippen molar-refractivity contribution in [3.8, 4) is 11.5 Å². The molecule has 2 aromatic carbocycles. The molecule has 1 heterocycles. The van der Waals surface area contributed by atoms with Gasteiger partial charge in [0, 0.05) is 31.6 Å². The van der Waals surface area contributed by atoms with Gasteiger partial charge in [-0.2, -0.15) is 0 Å². The van der Waals surface area contributed by atoms with Gasteiger partial charge in [-0.25, -0.2) is 0 Å². The number of alkyl halides is 1. The monoisotopic (exact) mass is 378 g/mol. The zero-order valence-corrected chi connectivity index (χ0v) is 14.5. The normalized spacial score (nSPS) is 11.0. The first-order valence-corrected chi connectivity index (χ1v) is 8.90. The molecule has 0 aliphatic heterocycles. The maximum Gasteiger partial charge on any atom is 0.196 e. The van der Waals surface area contributed by atoms with Crippen molar-refractivity contribution in [2.24, 2.45) is 0 Å². The zero-order chi connectivity index (χ0) is 15.5. The topological polar surface area (TPSA) is 35.5 Å². The molecule has 3 rings (SSSR count). The van der Waals surface area contributed by atoms with Gasteiger partial charge in [0.2, 0.25) is 0 Å². The molecule has 0 amide bonds. The van der Waals surface area contributed by atoms with Gasteiger partial charge < -0.3 is 9.47 Å². The maximum absolute atomic E-state index is 12.7. The summed E-state index contributed by atoms with van der Waals surface area (Å²) in [4.78, 5) is 12.7. The van der Waals surface area contributed by atoms with Crippen LogP contribution in [0.5, 0.6) is 11.5 Å². The average molecular weight is 379 g/mol. The number of hydrogen-bond donors (Lipinski definition) is 0. The number of fused-ring (bicyclic) bond motifs is 2. The van der Waals surface area contributed by atoms with Crippen molar-refractivity contribution in [1.29, 1.82) is 0 Å². The van der Waals surface area contributed by atoms with E-state index in [1.807, 2.05) is 30.3 Å². The molecule has 22 heavy (non-hydrogen) atoms. The first-order chi connectivity index (χ1) is 10.7. The van der Waals surface area contributed by atoms with Gasteiger partial charge in [-0.3, -0.25) is 4.79 Å². The molecule has 0 spiro atoms. The van der Waals surface area contributed by atoms with Crippen LogP contribution < -0.4 is 14.9 Å². The summed E-state index contributed by atoms with van der Waals surface area (Å²) in [5, 5.41) is 2.30. The highest BCUT2D eigenvalue weighted by Gasteiger charge is 2.12. The minimum absolute atomic E-state index is 0.0392. The Kier molecular flexibility index (Phi) is 4.64. The van der Waals surface area contributed by atoms with E-state index in [2.05, 4.69) is 15.9 Å². The van der Waals surface area contributed by atoms with Gasteiger partial charge in [0.15, 0.2) is 16.9 Å². The second-order valence-corrected chi connectivity index (χ2v) is 6.69. The third-order valence-corrected chi connectivity index (χ3v) is 5.09. The summed E-state index contributed by atoms with van der Waals surface area (Å²) in [5.74, 6) is 1.28. The molecular weight excluding hydrogens is 364 g/mol. The summed E-state index contributed by atoms with van der Waals surface area (Å²) in [5.41, 5.74) is 0.0392. The second kappa shape index (κ2) is 6.67. The van der Waals surface area contributed by atoms with Crippen molar-refractivity contribution in [2.45, 2.75) is 6.42 Å². The molecule has 0 radical (unpaired) electrons. The van der Waals surface area contributed by atoms with E-state index in [0.29, 0.717) is 23.5 Å². The van der Waals surface area contributed by atoms with Crippen LogP contribution in [0.15, 0.2) is 41.2 Å². The zero-order valence-electron chi connectivity index (χ0n) is 12.1. The van der Waals surface area contributed by atoms with Crippen LogP contribution in [0, 0.1) is 0 Å². The van der Waals surface area contributed by atoms with Crippen LogP contribution in [0.4, 0.5) is 0 Å². The third kappa shape index (κ3) is 2.83. The SMILES string of the molecule is COc1cc2sc3ccccc3c(=O)c2cc1OCCCBr. The number of halogens is 1. The minimum atomic E-state index is 0.0392. The quantitative estimate of drug-likeness (QED) is 0.370. The highest BCUT2D eigenvalue weighted by Crippen LogP contribution is 2.35. The van der Waals surface area contributed by atoms with Crippen LogP contribution in [0.3, 0.4) is 0 Å². The van der Waals surface area contributed by atoms with E-state index in [4.69, 9.17) is 9.47 Å². The van der Waals surface area contributed by atoms with Crippen LogP contribution >= 0.6 is 27.3 Å². The lowest BCUT2D eigenvalue weighted by Crippen LogP contribution is -2.04. The Morgan fingerprint density at radius 2 is 1.91 bits per heavy atom. The molecule has 0 saturated heterocycles. The molecule has 0 atom stereocenters. The van der Waals surface area contributed by atoms with Crippen molar-refractivity contribution in [1.82, 2.24) is 0 Å². The Morgan fingerprint density at radius 1 is 1.09 bits per heavy atom. The largest absolute Gasteiger partial charge is 0.493 e. The van der Waals surface area contributed by atoms with Gasteiger partial charge in [0.05, 0.1) is 13.7 Å². The minimum Gasteiger partial charge on any atom is -0.493 e. The highest BCUT2D eigenvalue weighted by molar-refractivity contribution is 9.09. The predicted octanol–water partition coefficient (Wildman–Crippen LogP) is 4.59. The summed E-state index contributed by atoms with van der Waals surface area (Å²) in [6, 6.07) is 11.3. The lowest BCUT2D eigenvalue weighted by atomic mass is 10.1. The molecular formula is C17H15BrO3S. The van der Waals surface area contributed by atoms with Gasteiger partial charge in [0.1, 0.15) is 0 Å². The molecule has 0 N–H and O–H groups in total. The third-order valence-electron chi connectivity index (χ3n) is 3.40. The fraction of sp³-hybridized carbons (Fsp3) is 0.235. The number of hydrogen-bond acceptors (Lipinski definition) is 4. The molecule has 0 unspecified atom stereocenters. The molecule has 3 aromatic rings. The van der Waals surface area contributed by atoms with Crippen molar-refractivity contribution in [3.05, 3.63) is 46.6 Å². The van der Waals surface area contributed by atoms with Crippen LogP contribution in [0.2, 0.25) is 0 Å². The fourth-order valence-electron chi connectivity index (χ4n) is 2.32. The number of rotatable bonds is 5. The highest BCUT2D eigenvalue weighted by atomic mass is 79.9. The Labute approximate surface area is 140 Å². The van der Waals surface area contributed by atoms with E-state index < -0.39 is 0 Å². The molecule has 1 aromatic heterocycles. The van der Waals surface area contributed by atoms with Crippen LogP contribution in [-0.4, -0.2) is 19.0 Å². The summed E-state index contributed by atoms with van der Waals surface area (Å²) < 4.78 is 13.1. The van der Waals surface area contributed by atoms with Gasteiger partial charge in [0.25, 0.3) is 0 Å². The predicted molar refractivity (Wildman–Crippen MR) is 96.1 cm³/mol. The summed E-state index contributed by atoms with van der Waals surface area (Å²) in [7, 11) is 1.61. The van der Waals surface area contributed by atoms with Crippen LogP contribution in [-0.2, 0) is 0 Å². The van der Waals surface area contributed by atoms with Crippen molar-refractivity contribution in [2.75, 3.05) is 19.0 Å². The summed E-state index contributed by atoms with van der Waals surface area (Å²) in [6.07, 6.45) is 0.895. The van der Waals surface area contributed by atoms with Crippen molar-refractivity contribution >= 4 is 47.4 Å². The Balaban J connectivity index is 2.19. The number of benzene rings is 2. The maximum atomic E-state index is 12.7. The molecule has 3 nitrogen and oxygen atoms in total.